The number of halogens is 1. The number of rotatable bonds is 4. The molecule has 2 aromatic carbocycles. The fourth-order valence-electron chi connectivity index (χ4n) is 3.69. The second-order valence-electron chi connectivity index (χ2n) is 7.34. The van der Waals surface area contributed by atoms with Crippen LogP contribution in [0.15, 0.2) is 66.4 Å². The molecule has 150 valence electrons. The average molecular weight is 395 g/mol. The van der Waals surface area contributed by atoms with Crippen molar-refractivity contribution in [2.45, 2.75) is 13.0 Å². The van der Waals surface area contributed by atoms with E-state index in [1.54, 1.807) is 6.08 Å². The highest BCUT2D eigenvalue weighted by molar-refractivity contribution is 6.01. The number of hydrogen-bond donors (Lipinski definition) is 2. The van der Waals surface area contributed by atoms with E-state index in [1.807, 2.05) is 47.4 Å². The van der Waals surface area contributed by atoms with Crippen LogP contribution in [-0.4, -0.2) is 42.9 Å². The Morgan fingerprint density at radius 3 is 2.41 bits per heavy atom. The number of anilines is 1. The van der Waals surface area contributed by atoms with Gasteiger partial charge in [-0.2, -0.15) is 0 Å². The Bertz CT molecular complexity index is 906. The molecule has 2 N–H and O–H groups in total. The first kappa shape index (κ1) is 19.1. The van der Waals surface area contributed by atoms with E-state index in [0.717, 1.165) is 25.2 Å². The van der Waals surface area contributed by atoms with Crippen LogP contribution in [0.1, 0.15) is 12.0 Å². The first-order chi connectivity index (χ1) is 14.1. The number of amides is 2. The van der Waals surface area contributed by atoms with Gasteiger partial charge in [-0.05, 0) is 30.3 Å². The lowest BCUT2D eigenvalue weighted by Crippen LogP contribution is -3.13. The molecule has 4 rings (SSSR count). The topological polar surface area (TPSA) is 57.1 Å². The van der Waals surface area contributed by atoms with Crippen LogP contribution in [0, 0.1) is 5.82 Å². The van der Waals surface area contributed by atoms with Gasteiger partial charge in [-0.1, -0.05) is 30.3 Å². The smallest absolute Gasteiger partial charge is 0.271 e. The largest absolute Gasteiger partial charge is 0.328 e. The van der Waals surface area contributed by atoms with Gasteiger partial charge in [-0.25, -0.2) is 9.40 Å². The van der Waals surface area contributed by atoms with Crippen molar-refractivity contribution >= 4 is 17.5 Å². The van der Waals surface area contributed by atoms with Crippen LogP contribution in [0.2, 0.25) is 0 Å². The molecule has 0 saturated carbocycles. The maximum Gasteiger partial charge on any atom is 0.271 e. The van der Waals surface area contributed by atoms with Crippen molar-refractivity contribution in [1.29, 1.82) is 0 Å². The lowest BCUT2D eigenvalue weighted by Gasteiger charge is -2.35. The minimum absolute atomic E-state index is 0.0840. The third kappa shape index (κ3) is 4.46. The zero-order valence-corrected chi connectivity index (χ0v) is 16.1. The van der Waals surface area contributed by atoms with Crippen LogP contribution in [-0.2, 0) is 16.1 Å². The Kier molecular flexibility index (Phi) is 5.57. The maximum absolute atomic E-state index is 13.1. The molecule has 2 amide bonds. The second kappa shape index (κ2) is 8.45. The van der Waals surface area contributed by atoms with E-state index in [4.69, 9.17) is 0 Å². The van der Waals surface area contributed by atoms with E-state index in [-0.39, 0.29) is 24.1 Å². The molecular weight excluding hydrogens is 371 g/mol. The van der Waals surface area contributed by atoms with Crippen LogP contribution in [0.5, 0.6) is 0 Å². The van der Waals surface area contributed by atoms with Gasteiger partial charge < -0.3 is 9.80 Å². The normalized spacial score (nSPS) is 17.7. The summed E-state index contributed by atoms with van der Waals surface area (Å²) >= 11 is 0. The molecule has 2 aliphatic rings. The minimum atomic E-state index is -0.226. The first-order valence-electron chi connectivity index (χ1n) is 9.82. The van der Waals surface area contributed by atoms with Crippen LogP contribution < -0.4 is 15.3 Å². The predicted molar refractivity (Wildman–Crippen MR) is 107 cm³/mol. The summed E-state index contributed by atoms with van der Waals surface area (Å²) in [5.74, 6) is -0.406. The van der Waals surface area contributed by atoms with Gasteiger partial charge in [0.2, 0.25) is 5.91 Å². The van der Waals surface area contributed by atoms with Crippen molar-refractivity contribution in [2.75, 3.05) is 31.2 Å². The van der Waals surface area contributed by atoms with Crippen LogP contribution in [0.4, 0.5) is 10.1 Å². The molecule has 0 atom stereocenters. The number of benzene rings is 2. The Hall–Kier alpha value is -3.19. The highest BCUT2D eigenvalue weighted by Gasteiger charge is 2.30. The Morgan fingerprint density at radius 1 is 1.03 bits per heavy atom. The molecule has 2 aliphatic heterocycles. The lowest BCUT2D eigenvalue weighted by atomic mass is 10.2. The molecule has 29 heavy (non-hydrogen) atoms. The molecule has 2 aromatic rings. The maximum atomic E-state index is 13.1. The number of quaternary nitrogens is 1. The minimum Gasteiger partial charge on any atom is -0.328 e. The standard InChI is InChI=1S/C22H23FN4O2/c23-18-8-6-17(7-9-18)16-25-12-14-26(15-13-25)22(29)20-10-11-21(28)27(24-20)19-4-2-1-3-5-19/h1-10,24H,11-16H2/p+1. The molecule has 0 radical (unpaired) electrons. The number of hydrogen-bond acceptors (Lipinski definition) is 3. The van der Waals surface area contributed by atoms with Gasteiger partial charge in [0.05, 0.1) is 31.9 Å². The second-order valence-corrected chi connectivity index (χ2v) is 7.34. The first-order valence-corrected chi connectivity index (χ1v) is 9.82. The third-order valence-corrected chi connectivity index (χ3v) is 5.33. The molecule has 0 aromatic heterocycles. The Morgan fingerprint density at radius 2 is 1.72 bits per heavy atom. The quantitative estimate of drug-likeness (QED) is 0.808. The van der Waals surface area contributed by atoms with Crippen molar-refractivity contribution in [2.24, 2.45) is 0 Å². The monoisotopic (exact) mass is 395 g/mol. The van der Waals surface area contributed by atoms with Gasteiger partial charge in [0.25, 0.3) is 5.91 Å². The molecule has 1 fully saturated rings. The number of nitrogens with one attached hydrogen (secondary N) is 2. The van der Waals surface area contributed by atoms with Gasteiger partial charge in [0.15, 0.2) is 0 Å². The summed E-state index contributed by atoms with van der Waals surface area (Å²) in [7, 11) is 0. The zero-order valence-electron chi connectivity index (χ0n) is 16.1. The van der Waals surface area contributed by atoms with E-state index in [0.29, 0.717) is 24.5 Å². The number of carbonyl (C=O) groups is 2. The van der Waals surface area contributed by atoms with Crippen molar-refractivity contribution in [3.8, 4) is 0 Å². The summed E-state index contributed by atoms with van der Waals surface area (Å²) in [4.78, 5) is 28.4. The summed E-state index contributed by atoms with van der Waals surface area (Å²) in [6.07, 6.45) is 1.86. The van der Waals surface area contributed by atoms with Crippen molar-refractivity contribution in [3.63, 3.8) is 0 Å². The van der Waals surface area contributed by atoms with Gasteiger partial charge in [-0.15, -0.1) is 0 Å². The molecule has 0 unspecified atom stereocenters. The van der Waals surface area contributed by atoms with Crippen molar-refractivity contribution < 1.29 is 18.9 Å². The van der Waals surface area contributed by atoms with Gasteiger partial charge >= 0.3 is 0 Å². The van der Waals surface area contributed by atoms with E-state index >= 15 is 0 Å². The zero-order chi connectivity index (χ0) is 20.2. The van der Waals surface area contributed by atoms with Gasteiger partial charge in [-0.3, -0.25) is 15.0 Å². The predicted octanol–water partition coefficient (Wildman–Crippen LogP) is 0.878. The number of nitrogens with zero attached hydrogens (tertiary/aromatic N) is 2. The number of piperazine rings is 1. The molecular formula is C22H24FN4O2+. The number of carbonyl (C=O) groups excluding carboxylic acids is 2. The Labute approximate surface area is 169 Å². The number of para-hydroxylation sites is 1. The summed E-state index contributed by atoms with van der Waals surface area (Å²) < 4.78 is 13.1. The van der Waals surface area contributed by atoms with Gasteiger partial charge in [0, 0.05) is 12.0 Å². The molecule has 0 aliphatic carbocycles. The summed E-state index contributed by atoms with van der Waals surface area (Å²) in [6, 6.07) is 15.8. The molecule has 7 heteroatoms. The highest BCUT2D eigenvalue weighted by Crippen LogP contribution is 2.18. The number of hydrazine groups is 1. The van der Waals surface area contributed by atoms with E-state index in [9.17, 15) is 14.0 Å². The average Bonchev–Trinajstić information content (AvgIpc) is 2.76. The highest BCUT2D eigenvalue weighted by atomic mass is 19.1. The Balaban J connectivity index is 1.34. The molecule has 6 nitrogen and oxygen atoms in total. The molecule has 0 spiro atoms. The fourth-order valence-corrected chi connectivity index (χ4v) is 3.69. The summed E-state index contributed by atoms with van der Waals surface area (Å²) in [5.41, 5.74) is 5.23. The summed E-state index contributed by atoms with van der Waals surface area (Å²) in [5, 5.41) is 1.43. The SMILES string of the molecule is O=C(C1=CCC(=O)N(c2ccccc2)N1)N1CC[NH+](Cc2ccc(F)cc2)CC1. The van der Waals surface area contributed by atoms with E-state index in [2.05, 4.69) is 5.43 Å². The van der Waals surface area contributed by atoms with Crippen LogP contribution >= 0.6 is 0 Å². The summed E-state index contributed by atoms with van der Waals surface area (Å²) in [6.45, 7) is 3.77. The van der Waals surface area contributed by atoms with Gasteiger partial charge in [0.1, 0.15) is 18.1 Å². The van der Waals surface area contributed by atoms with Crippen molar-refractivity contribution in [3.05, 3.63) is 77.8 Å². The lowest BCUT2D eigenvalue weighted by molar-refractivity contribution is -0.917. The van der Waals surface area contributed by atoms with Crippen LogP contribution in [0.25, 0.3) is 0 Å². The van der Waals surface area contributed by atoms with Crippen LogP contribution in [0.3, 0.4) is 0 Å². The van der Waals surface area contributed by atoms with Crippen molar-refractivity contribution in [1.82, 2.24) is 10.3 Å². The fraction of sp³-hybridized carbons (Fsp3) is 0.273. The third-order valence-electron chi connectivity index (χ3n) is 5.33. The van der Waals surface area contributed by atoms with E-state index in [1.165, 1.54) is 22.0 Å². The molecule has 2 heterocycles. The molecule has 0 bridgehead atoms. The molecule has 1 saturated heterocycles. The van der Waals surface area contributed by atoms with E-state index < -0.39 is 0 Å².